The third-order valence-corrected chi connectivity index (χ3v) is 6.12. The second-order valence-electron chi connectivity index (χ2n) is 8.20. The van der Waals surface area contributed by atoms with Crippen LogP contribution < -0.4 is 14.8 Å². The third kappa shape index (κ3) is 5.29. The number of methoxy groups -OCH3 is 2. The van der Waals surface area contributed by atoms with Gasteiger partial charge in [0, 0.05) is 24.8 Å². The fourth-order valence-corrected chi connectivity index (χ4v) is 4.41. The van der Waals surface area contributed by atoms with E-state index in [1.165, 1.54) is 11.1 Å². The lowest BCUT2D eigenvalue weighted by atomic mass is 9.88. The largest absolute Gasteiger partial charge is 0.497 e. The average molecular weight is 431 g/mol. The summed E-state index contributed by atoms with van der Waals surface area (Å²) >= 11 is 0. The van der Waals surface area contributed by atoms with Gasteiger partial charge in [-0.2, -0.15) is 0 Å². The van der Waals surface area contributed by atoms with Crippen molar-refractivity contribution in [2.24, 2.45) is 5.92 Å². The molecule has 0 unspecified atom stereocenters. The summed E-state index contributed by atoms with van der Waals surface area (Å²) in [6.07, 6.45) is 1.80. The number of hydrogen-bond donors (Lipinski definition) is 1. The van der Waals surface area contributed by atoms with E-state index < -0.39 is 0 Å². The molecule has 1 heterocycles. The number of benzene rings is 3. The Hall–Kier alpha value is -3.31. The summed E-state index contributed by atoms with van der Waals surface area (Å²) in [5, 5.41) is 3.08. The van der Waals surface area contributed by atoms with Crippen LogP contribution in [0.4, 0.5) is 5.69 Å². The van der Waals surface area contributed by atoms with Crippen molar-refractivity contribution in [3.63, 3.8) is 0 Å². The third-order valence-electron chi connectivity index (χ3n) is 6.12. The number of carbonyl (C=O) groups is 1. The molecule has 1 aliphatic rings. The fourth-order valence-electron chi connectivity index (χ4n) is 4.41. The molecule has 1 fully saturated rings. The van der Waals surface area contributed by atoms with Gasteiger partial charge in [0.05, 0.1) is 20.1 Å². The van der Waals surface area contributed by atoms with E-state index in [1.807, 2.05) is 42.5 Å². The van der Waals surface area contributed by atoms with Crippen molar-refractivity contribution < 1.29 is 14.3 Å². The number of nitrogens with zero attached hydrogens (tertiary/aromatic N) is 1. The van der Waals surface area contributed by atoms with E-state index in [-0.39, 0.29) is 17.9 Å². The van der Waals surface area contributed by atoms with Crippen LogP contribution in [0.1, 0.15) is 30.0 Å². The van der Waals surface area contributed by atoms with Crippen LogP contribution in [0.3, 0.4) is 0 Å². The van der Waals surface area contributed by atoms with Crippen molar-refractivity contribution in [2.75, 3.05) is 26.1 Å². The lowest BCUT2D eigenvalue weighted by Gasteiger charge is -2.39. The first kappa shape index (κ1) is 21.9. The topological polar surface area (TPSA) is 50.8 Å². The van der Waals surface area contributed by atoms with Crippen LogP contribution in [0.15, 0.2) is 78.9 Å². The number of carbonyl (C=O) groups excluding carboxylic acids is 1. The predicted octanol–water partition coefficient (Wildman–Crippen LogP) is 5.30. The summed E-state index contributed by atoms with van der Waals surface area (Å²) in [5.74, 6) is 1.63. The minimum absolute atomic E-state index is 0.0670. The summed E-state index contributed by atoms with van der Waals surface area (Å²) in [7, 11) is 3.32. The Balaban J connectivity index is 1.50. The highest BCUT2D eigenvalue weighted by Gasteiger charge is 2.33. The molecule has 2 atom stereocenters. The van der Waals surface area contributed by atoms with Gasteiger partial charge in [-0.25, -0.2) is 0 Å². The van der Waals surface area contributed by atoms with Gasteiger partial charge < -0.3 is 14.8 Å². The normalized spacial score (nSPS) is 18.7. The summed E-state index contributed by atoms with van der Waals surface area (Å²) < 4.78 is 10.6. The highest BCUT2D eigenvalue weighted by atomic mass is 16.5. The van der Waals surface area contributed by atoms with Gasteiger partial charge in [0.2, 0.25) is 5.91 Å². The molecule has 1 N–H and O–H groups in total. The number of anilines is 1. The fraction of sp³-hybridized carbons (Fsp3) is 0.296. The van der Waals surface area contributed by atoms with Crippen molar-refractivity contribution in [3.8, 4) is 11.5 Å². The van der Waals surface area contributed by atoms with Crippen LogP contribution in [0.25, 0.3) is 0 Å². The molecule has 0 radical (unpaired) electrons. The number of piperidine rings is 1. The van der Waals surface area contributed by atoms with Crippen LogP contribution >= 0.6 is 0 Å². The minimum Gasteiger partial charge on any atom is -0.497 e. The van der Waals surface area contributed by atoms with Gasteiger partial charge in [0.25, 0.3) is 0 Å². The zero-order valence-electron chi connectivity index (χ0n) is 18.7. The molecule has 0 saturated carbocycles. The van der Waals surface area contributed by atoms with E-state index in [2.05, 4.69) is 46.6 Å². The molecule has 32 heavy (non-hydrogen) atoms. The Morgan fingerprint density at radius 1 is 0.906 bits per heavy atom. The molecule has 1 saturated heterocycles. The maximum Gasteiger partial charge on any atom is 0.228 e. The molecule has 1 amide bonds. The second-order valence-corrected chi connectivity index (χ2v) is 8.20. The highest BCUT2D eigenvalue weighted by Crippen LogP contribution is 2.35. The number of amides is 1. The molecular weight excluding hydrogens is 400 g/mol. The van der Waals surface area contributed by atoms with Crippen LogP contribution in [-0.2, 0) is 11.3 Å². The first-order valence-corrected chi connectivity index (χ1v) is 11.0. The van der Waals surface area contributed by atoms with Crippen molar-refractivity contribution in [3.05, 3.63) is 90.0 Å². The molecule has 0 aromatic heterocycles. The van der Waals surface area contributed by atoms with E-state index in [1.54, 1.807) is 14.2 Å². The van der Waals surface area contributed by atoms with E-state index in [0.29, 0.717) is 6.54 Å². The number of nitrogens with one attached hydrogen (secondary N) is 1. The SMILES string of the molecule is COc1ccc(NC(=O)[C@@H]2CC[C@@H](c3ccccc3)N(Cc3cccc(OC)c3)C2)cc1. The molecular formula is C27H30N2O3. The Bertz CT molecular complexity index is 1020. The Morgan fingerprint density at radius 2 is 1.66 bits per heavy atom. The smallest absolute Gasteiger partial charge is 0.228 e. The molecule has 166 valence electrons. The maximum atomic E-state index is 13.1. The zero-order valence-corrected chi connectivity index (χ0v) is 18.7. The predicted molar refractivity (Wildman–Crippen MR) is 127 cm³/mol. The van der Waals surface area contributed by atoms with E-state index in [9.17, 15) is 4.79 Å². The van der Waals surface area contributed by atoms with Gasteiger partial charge in [-0.05, 0) is 60.4 Å². The van der Waals surface area contributed by atoms with Crippen LogP contribution in [0.5, 0.6) is 11.5 Å². The maximum absolute atomic E-state index is 13.1. The van der Waals surface area contributed by atoms with Gasteiger partial charge in [0.1, 0.15) is 11.5 Å². The monoisotopic (exact) mass is 430 g/mol. The number of hydrogen-bond acceptors (Lipinski definition) is 4. The number of likely N-dealkylation sites (tertiary alicyclic amines) is 1. The molecule has 5 heteroatoms. The summed E-state index contributed by atoms with van der Waals surface area (Å²) in [5.41, 5.74) is 3.27. The van der Waals surface area contributed by atoms with Crippen LogP contribution in [0.2, 0.25) is 0 Å². The van der Waals surface area contributed by atoms with Gasteiger partial charge in [-0.15, -0.1) is 0 Å². The minimum atomic E-state index is -0.0670. The molecule has 0 bridgehead atoms. The van der Waals surface area contributed by atoms with Gasteiger partial charge >= 0.3 is 0 Å². The summed E-state index contributed by atoms with van der Waals surface area (Å²) in [4.78, 5) is 15.5. The Kier molecular flexibility index (Phi) is 7.07. The average Bonchev–Trinajstić information content (AvgIpc) is 2.85. The molecule has 3 aromatic rings. The van der Waals surface area contributed by atoms with E-state index in [0.717, 1.165) is 36.6 Å². The molecule has 1 aliphatic heterocycles. The number of ether oxygens (including phenoxy) is 2. The Morgan fingerprint density at radius 3 is 2.38 bits per heavy atom. The van der Waals surface area contributed by atoms with Gasteiger partial charge in [0.15, 0.2) is 0 Å². The first-order chi connectivity index (χ1) is 15.7. The molecule has 4 rings (SSSR count). The number of rotatable bonds is 7. The van der Waals surface area contributed by atoms with Gasteiger partial charge in [-0.3, -0.25) is 9.69 Å². The standard InChI is InChI=1S/C27H30N2O3/c1-31-24-14-12-23(13-15-24)28-27(30)22-11-16-26(21-8-4-3-5-9-21)29(19-22)18-20-7-6-10-25(17-20)32-2/h3-10,12-15,17,22,26H,11,16,18-19H2,1-2H3,(H,28,30)/t22-,26+/m1/s1. The van der Waals surface area contributed by atoms with Crippen molar-refractivity contribution in [1.82, 2.24) is 4.90 Å². The van der Waals surface area contributed by atoms with E-state index in [4.69, 9.17) is 9.47 Å². The highest BCUT2D eigenvalue weighted by molar-refractivity contribution is 5.92. The molecule has 0 spiro atoms. The van der Waals surface area contributed by atoms with Crippen LogP contribution in [-0.4, -0.2) is 31.6 Å². The molecule has 0 aliphatic carbocycles. The molecule has 3 aromatic carbocycles. The summed E-state index contributed by atoms with van der Waals surface area (Å²) in [6.45, 7) is 1.47. The van der Waals surface area contributed by atoms with Crippen molar-refractivity contribution in [1.29, 1.82) is 0 Å². The molecule has 5 nitrogen and oxygen atoms in total. The van der Waals surface area contributed by atoms with Gasteiger partial charge in [-0.1, -0.05) is 42.5 Å². The Labute approximate surface area is 190 Å². The van der Waals surface area contributed by atoms with Crippen molar-refractivity contribution in [2.45, 2.75) is 25.4 Å². The van der Waals surface area contributed by atoms with Crippen molar-refractivity contribution >= 4 is 11.6 Å². The zero-order chi connectivity index (χ0) is 22.3. The second kappa shape index (κ2) is 10.3. The van der Waals surface area contributed by atoms with Crippen LogP contribution in [0, 0.1) is 5.92 Å². The lowest BCUT2D eigenvalue weighted by Crippen LogP contribution is -2.42. The van der Waals surface area contributed by atoms with E-state index >= 15 is 0 Å². The quantitative estimate of drug-likeness (QED) is 0.553. The first-order valence-electron chi connectivity index (χ1n) is 11.0. The summed E-state index contributed by atoms with van der Waals surface area (Å²) in [6, 6.07) is 26.5. The lowest BCUT2D eigenvalue weighted by molar-refractivity contribution is -0.122.